The predicted molar refractivity (Wildman–Crippen MR) is 91.6 cm³/mol. The average Bonchev–Trinajstić information content (AvgIpc) is 2.87. The van der Waals surface area contributed by atoms with E-state index in [-0.39, 0.29) is 22.1 Å². The molecule has 9 heteroatoms. The molecule has 0 unspecified atom stereocenters. The van der Waals surface area contributed by atoms with E-state index in [1.807, 2.05) is 19.9 Å². The second-order valence-electron chi connectivity index (χ2n) is 5.88. The Bertz CT molecular complexity index is 1030. The number of hydrogen-bond acceptors (Lipinski definition) is 3. The van der Waals surface area contributed by atoms with Gasteiger partial charge in [0.2, 0.25) is 0 Å². The molecule has 0 radical (unpaired) electrons. The molecule has 0 fully saturated rings. The Morgan fingerprint density at radius 3 is 2.58 bits per heavy atom. The first-order valence-electron chi connectivity index (χ1n) is 7.60. The number of fused-ring (bicyclic) bond motifs is 1. The Labute approximate surface area is 151 Å². The third-order valence-corrected chi connectivity index (χ3v) is 4.37. The average molecular weight is 383 g/mol. The normalized spacial score (nSPS) is 11.8. The van der Waals surface area contributed by atoms with Crippen LogP contribution in [0, 0.1) is 20.8 Å². The summed E-state index contributed by atoms with van der Waals surface area (Å²) in [4.78, 5) is 16.5. The molecule has 3 rings (SSSR count). The Kier molecular flexibility index (Phi) is 4.39. The van der Waals surface area contributed by atoms with E-state index in [9.17, 15) is 18.0 Å². The van der Waals surface area contributed by atoms with Gasteiger partial charge in [-0.25, -0.2) is 9.50 Å². The van der Waals surface area contributed by atoms with Crippen LogP contribution in [-0.4, -0.2) is 20.5 Å². The number of nitrogens with zero attached hydrogens (tertiary/aromatic N) is 3. The van der Waals surface area contributed by atoms with Crippen LogP contribution in [0.15, 0.2) is 24.3 Å². The lowest BCUT2D eigenvalue weighted by molar-refractivity contribution is -0.142. The number of nitrogens with one attached hydrogen (secondary N) is 1. The Morgan fingerprint density at radius 2 is 1.92 bits per heavy atom. The minimum absolute atomic E-state index is 0.119. The molecule has 2 heterocycles. The van der Waals surface area contributed by atoms with Crippen LogP contribution >= 0.6 is 11.6 Å². The van der Waals surface area contributed by atoms with E-state index in [1.54, 1.807) is 12.1 Å². The molecule has 5 nitrogen and oxygen atoms in total. The number of anilines is 1. The lowest BCUT2D eigenvalue weighted by atomic mass is 10.1. The smallest absolute Gasteiger partial charge is 0.320 e. The highest BCUT2D eigenvalue weighted by Crippen LogP contribution is 2.32. The summed E-state index contributed by atoms with van der Waals surface area (Å²) in [7, 11) is 0. The summed E-state index contributed by atoms with van der Waals surface area (Å²) in [6.07, 6.45) is -4.66. The molecule has 3 aromatic rings. The summed E-state index contributed by atoms with van der Waals surface area (Å²) < 4.78 is 40.3. The molecule has 1 aromatic carbocycles. The highest BCUT2D eigenvalue weighted by Gasteiger charge is 2.36. The van der Waals surface area contributed by atoms with Crippen LogP contribution < -0.4 is 5.32 Å². The summed E-state index contributed by atoms with van der Waals surface area (Å²) in [6.45, 7) is 5.11. The number of aryl methyl sites for hydroxylation is 2. The van der Waals surface area contributed by atoms with Crippen LogP contribution in [0.4, 0.5) is 18.9 Å². The molecule has 136 valence electrons. The van der Waals surface area contributed by atoms with E-state index in [0.29, 0.717) is 10.2 Å². The highest BCUT2D eigenvalue weighted by atomic mass is 35.5. The molecule has 0 atom stereocenters. The zero-order valence-electron chi connectivity index (χ0n) is 14.1. The number of hydrogen-bond donors (Lipinski definition) is 1. The van der Waals surface area contributed by atoms with Gasteiger partial charge in [-0.05, 0) is 44.0 Å². The van der Waals surface area contributed by atoms with Gasteiger partial charge in [-0.3, -0.25) is 4.79 Å². The standard InChI is InChI=1S/C17H14ClF3N4O/c1-8-5-4-6-11(10(8)3)23-16(26)14-13(18)15-22-9(2)7-12(17(19,20)21)25(15)24-14/h4-7H,1-3H3,(H,23,26). The van der Waals surface area contributed by atoms with E-state index in [0.717, 1.165) is 17.2 Å². The highest BCUT2D eigenvalue weighted by molar-refractivity contribution is 6.37. The molecule has 0 aliphatic carbocycles. The first-order chi connectivity index (χ1) is 12.1. The van der Waals surface area contributed by atoms with Crippen molar-refractivity contribution in [1.82, 2.24) is 14.6 Å². The number of amides is 1. The van der Waals surface area contributed by atoms with Crippen molar-refractivity contribution in [3.63, 3.8) is 0 Å². The van der Waals surface area contributed by atoms with Crippen LogP contribution in [0.3, 0.4) is 0 Å². The Balaban J connectivity index is 2.10. The van der Waals surface area contributed by atoms with Gasteiger partial charge in [-0.1, -0.05) is 23.7 Å². The molecule has 2 aromatic heterocycles. The van der Waals surface area contributed by atoms with Crippen molar-refractivity contribution in [3.05, 3.63) is 57.5 Å². The van der Waals surface area contributed by atoms with Gasteiger partial charge in [0.15, 0.2) is 11.3 Å². The lowest BCUT2D eigenvalue weighted by Crippen LogP contribution is -2.16. The zero-order valence-corrected chi connectivity index (χ0v) is 14.8. The topological polar surface area (TPSA) is 59.3 Å². The Hall–Kier alpha value is -2.61. The van der Waals surface area contributed by atoms with Crippen LogP contribution in [0.1, 0.15) is 33.0 Å². The molecule has 1 N–H and O–H groups in total. The van der Waals surface area contributed by atoms with Crippen LogP contribution in [0.2, 0.25) is 5.02 Å². The second kappa shape index (κ2) is 6.28. The van der Waals surface area contributed by atoms with Crippen LogP contribution in [0.25, 0.3) is 5.65 Å². The fourth-order valence-corrected chi connectivity index (χ4v) is 2.77. The van der Waals surface area contributed by atoms with E-state index >= 15 is 0 Å². The van der Waals surface area contributed by atoms with Crippen LogP contribution in [-0.2, 0) is 6.18 Å². The maximum Gasteiger partial charge on any atom is 0.433 e. The molecule has 0 saturated carbocycles. The van der Waals surface area contributed by atoms with Gasteiger partial charge in [0.05, 0.1) is 0 Å². The SMILES string of the molecule is Cc1cc(C(F)(F)F)n2nc(C(=O)Nc3cccc(C)c3C)c(Cl)c2n1. The van der Waals surface area contributed by atoms with Crippen molar-refractivity contribution in [2.45, 2.75) is 26.9 Å². The summed E-state index contributed by atoms with van der Waals surface area (Å²) in [5.41, 5.74) is 0.858. The van der Waals surface area contributed by atoms with Gasteiger partial charge in [-0.2, -0.15) is 18.3 Å². The van der Waals surface area contributed by atoms with Crippen LogP contribution in [0.5, 0.6) is 0 Å². The van der Waals surface area contributed by atoms with Gasteiger partial charge in [0.25, 0.3) is 5.91 Å². The molecule has 0 bridgehead atoms. The number of aromatic nitrogens is 3. The fourth-order valence-electron chi connectivity index (χ4n) is 2.53. The number of benzene rings is 1. The minimum Gasteiger partial charge on any atom is -0.320 e. The minimum atomic E-state index is -4.66. The van der Waals surface area contributed by atoms with E-state index in [2.05, 4.69) is 15.4 Å². The molecular formula is C17H14ClF3N4O. The van der Waals surface area contributed by atoms with Crippen molar-refractivity contribution in [3.8, 4) is 0 Å². The van der Waals surface area contributed by atoms with Crippen molar-refractivity contribution in [2.24, 2.45) is 0 Å². The fraction of sp³-hybridized carbons (Fsp3) is 0.235. The molecule has 0 saturated heterocycles. The molecule has 0 spiro atoms. The maximum absolute atomic E-state index is 13.3. The number of rotatable bonds is 2. The van der Waals surface area contributed by atoms with Crippen molar-refractivity contribution in [1.29, 1.82) is 0 Å². The summed E-state index contributed by atoms with van der Waals surface area (Å²) in [6, 6.07) is 6.18. The number of halogens is 4. The zero-order chi connectivity index (χ0) is 19.2. The lowest BCUT2D eigenvalue weighted by Gasteiger charge is -2.09. The third-order valence-electron chi connectivity index (χ3n) is 4.02. The summed E-state index contributed by atoms with van der Waals surface area (Å²) >= 11 is 6.11. The van der Waals surface area contributed by atoms with Gasteiger partial charge < -0.3 is 5.32 Å². The van der Waals surface area contributed by atoms with Crippen molar-refractivity contribution < 1.29 is 18.0 Å². The quantitative estimate of drug-likeness (QED) is 0.705. The summed E-state index contributed by atoms with van der Waals surface area (Å²) in [5, 5.41) is 6.16. The van der Waals surface area contributed by atoms with Gasteiger partial charge in [0, 0.05) is 11.4 Å². The molecule has 0 aliphatic rings. The number of carbonyl (C=O) groups excluding carboxylic acids is 1. The van der Waals surface area contributed by atoms with E-state index in [4.69, 9.17) is 11.6 Å². The molecular weight excluding hydrogens is 369 g/mol. The number of alkyl halides is 3. The van der Waals surface area contributed by atoms with Crippen molar-refractivity contribution in [2.75, 3.05) is 5.32 Å². The number of carbonyl (C=O) groups is 1. The van der Waals surface area contributed by atoms with E-state index in [1.165, 1.54) is 6.92 Å². The molecule has 1 amide bonds. The summed E-state index contributed by atoms with van der Waals surface area (Å²) in [5.74, 6) is -0.708. The first-order valence-corrected chi connectivity index (χ1v) is 7.98. The predicted octanol–water partition coefficient (Wildman–Crippen LogP) is 4.58. The first kappa shape index (κ1) is 18.2. The van der Waals surface area contributed by atoms with Gasteiger partial charge in [0.1, 0.15) is 10.7 Å². The maximum atomic E-state index is 13.3. The van der Waals surface area contributed by atoms with Gasteiger partial charge >= 0.3 is 6.18 Å². The monoisotopic (exact) mass is 382 g/mol. The second-order valence-corrected chi connectivity index (χ2v) is 6.26. The van der Waals surface area contributed by atoms with E-state index < -0.39 is 17.8 Å². The molecule has 0 aliphatic heterocycles. The molecule has 26 heavy (non-hydrogen) atoms. The third kappa shape index (κ3) is 3.12. The Morgan fingerprint density at radius 1 is 1.23 bits per heavy atom. The largest absolute Gasteiger partial charge is 0.433 e. The van der Waals surface area contributed by atoms with Gasteiger partial charge in [-0.15, -0.1) is 0 Å². The van der Waals surface area contributed by atoms with Crippen molar-refractivity contribution >= 4 is 28.8 Å².